The highest BCUT2D eigenvalue weighted by atomic mass is 35.5. The highest BCUT2D eigenvalue weighted by Gasteiger charge is 2.52. The van der Waals surface area contributed by atoms with Gasteiger partial charge in [0.05, 0.1) is 24.5 Å². The Morgan fingerprint density at radius 2 is 1.97 bits per heavy atom. The predicted octanol–water partition coefficient (Wildman–Crippen LogP) is 3.28. The van der Waals surface area contributed by atoms with Crippen LogP contribution in [0.15, 0.2) is 48.8 Å². The number of aromatic nitrogens is 2. The number of anilines is 1. The summed E-state index contributed by atoms with van der Waals surface area (Å²) in [5, 5.41) is 18.6. The highest BCUT2D eigenvalue weighted by molar-refractivity contribution is 6.34. The van der Waals surface area contributed by atoms with Gasteiger partial charge in [0.25, 0.3) is 11.8 Å². The van der Waals surface area contributed by atoms with Gasteiger partial charge in [0.2, 0.25) is 5.60 Å². The van der Waals surface area contributed by atoms with E-state index >= 15 is 0 Å². The monoisotopic (exact) mass is 579 g/mol. The molecule has 0 bridgehead atoms. The predicted molar refractivity (Wildman–Crippen MR) is 139 cm³/mol. The molecule has 2 aromatic carbocycles. The van der Waals surface area contributed by atoms with Crippen molar-refractivity contribution in [1.29, 1.82) is 0 Å². The van der Waals surface area contributed by atoms with Crippen LogP contribution in [0.2, 0.25) is 10.0 Å². The van der Waals surface area contributed by atoms with Crippen LogP contribution in [0.1, 0.15) is 36.1 Å². The lowest BCUT2D eigenvalue weighted by atomic mass is 9.94. The molecule has 0 saturated carbocycles. The number of hydrogen-bond donors (Lipinski definition) is 3. The third-order valence-corrected chi connectivity index (χ3v) is 7.42. The minimum atomic E-state index is -2.25. The number of benzene rings is 2. The Hall–Kier alpha value is -3.09. The molecule has 4 atom stereocenters. The number of aliphatic hydroxyl groups is 1. The van der Waals surface area contributed by atoms with E-state index in [9.17, 15) is 23.5 Å². The van der Waals surface area contributed by atoms with Gasteiger partial charge in [-0.1, -0.05) is 23.2 Å². The maximum absolute atomic E-state index is 14.2. The van der Waals surface area contributed by atoms with E-state index in [1.54, 1.807) is 29.1 Å². The van der Waals surface area contributed by atoms with Crippen molar-refractivity contribution in [2.75, 3.05) is 18.1 Å². The van der Waals surface area contributed by atoms with Crippen LogP contribution in [0.25, 0.3) is 0 Å². The molecule has 0 spiro atoms. The fourth-order valence-electron chi connectivity index (χ4n) is 4.95. The summed E-state index contributed by atoms with van der Waals surface area (Å²) in [5.74, 6) is -2.79. The fourth-order valence-corrected chi connectivity index (χ4v) is 5.52. The third kappa shape index (κ3) is 5.50. The van der Waals surface area contributed by atoms with E-state index in [0.29, 0.717) is 27.7 Å². The average molecular weight is 580 g/mol. The Morgan fingerprint density at radius 3 is 2.69 bits per heavy atom. The van der Waals surface area contributed by atoms with Crippen molar-refractivity contribution in [2.45, 2.75) is 43.2 Å². The van der Waals surface area contributed by atoms with Crippen molar-refractivity contribution >= 4 is 40.7 Å². The maximum Gasteiger partial charge on any atom is 0.268 e. The molecular weight excluding hydrogens is 555 g/mol. The van der Waals surface area contributed by atoms with Crippen LogP contribution < -0.4 is 16.0 Å². The summed E-state index contributed by atoms with van der Waals surface area (Å²) < 4.78 is 35.2. The van der Waals surface area contributed by atoms with E-state index in [1.165, 1.54) is 11.1 Å². The molecule has 1 aromatic heterocycles. The van der Waals surface area contributed by atoms with Gasteiger partial charge < -0.3 is 25.8 Å². The third-order valence-electron chi connectivity index (χ3n) is 6.99. The summed E-state index contributed by atoms with van der Waals surface area (Å²) in [6, 6.07) is 6.96. The number of carbonyl (C=O) groups excluding carboxylic acids is 2. The zero-order valence-electron chi connectivity index (χ0n) is 20.5. The van der Waals surface area contributed by atoms with E-state index in [1.807, 2.05) is 0 Å². The molecule has 2 amide bonds. The van der Waals surface area contributed by atoms with Gasteiger partial charge in [-0.2, -0.15) is 5.10 Å². The molecule has 1 unspecified atom stereocenters. The first kappa shape index (κ1) is 27.5. The molecular formula is C26H25Cl2F2N5O4. The van der Waals surface area contributed by atoms with Gasteiger partial charge in [-0.25, -0.2) is 8.78 Å². The molecule has 4 N–H and O–H groups in total. The lowest BCUT2D eigenvalue weighted by Gasteiger charge is -2.34. The van der Waals surface area contributed by atoms with Crippen molar-refractivity contribution in [3.05, 3.63) is 81.6 Å². The minimum absolute atomic E-state index is 0.0229. The largest absolute Gasteiger partial charge is 0.372 e. The molecule has 9 nitrogen and oxygen atoms in total. The second kappa shape index (κ2) is 10.8. The number of amides is 2. The molecule has 3 heterocycles. The highest BCUT2D eigenvalue weighted by Crippen LogP contribution is 2.35. The van der Waals surface area contributed by atoms with Crippen LogP contribution in [0.3, 0.4) is 0 Å². The lowest BCUT2D eigenvalue weighted by Crippen LogP contribution is -2.52. The summed E-state index contributed by atoms with van der Waals surface area (Å²) in [6.45, 7) is 0.247. The SMILES string of the molecule is N[C@H]1C[C@@H](n2cc(N3CCC(O)(C(=O)NCc4cc(Cl)cc(Cl)c4)C3=O)cn2)CO[C@@H]1c1cc(F)ccc1F. The number of carbonyl (C=O) groups is 2. The Labute approximate surface area is 232 Å². The summed E-state index contributed by atoms with van der Waals surface area (Å²) >= 11 is 12.0. The van der Waals surface area contributed by atoms with Crippen LogP contribution in [0.5, 0.6) is 0 Å². The van der Waals surface area contributed by atoms with Crippen molar-refractivity contribution in [1.82, 2.24) is 15.1 Å². The van der Waals surface area contributed by atoms with E-state index in [-0.39, 0.29) is 37.7 Å². The molecule has 2 aliphatic rings. The molecule has 2 fully saturated rings. The molecule has 13 heteroatoms. The minimum Gasteiger partial charge on any atom is -0.372 e. The Bertz CT molecular complexity index is 1400. The summed E-state index contributed by atoms with van der Waals surface area (Å²) in [7, 11) is 0. The van der Waals surface area contributed by atoms with E-state index in [2.05, 4.69) is 10.4 Å². The molecule has 39 heavy (non-hydrogen) atoms. The van der Waals surface area contributed by atoms with Gasteiger partial charge in [0.15, 0.2) is 0 Å². The molecule has 0 radical (unpaired) electrons. The van der Waals surface area contributed by atoms with E-state index < -0.39 is 41.2 Å². The second-order valence-corrected chi connectivity index (χ2v) is 10.6. The average Bonchev–Trinajstić information content (AvgIpc) is 3.49. The van der Waals surface area contributed by atoms with Crippen molar-refractivity contribution in [3.8, 4) is 0 Å². The quantitative estimate of drug-likeness (QED) is 0.385. The normalized spacial score (nSPS) is 25.2. The number of rotatable bonds is 6. The zero-order valence-corrected chi connectivity index (χ0v) is 22.0. The standard InChI is InChI=1S/C26H25Cl2F2N5O4/c27-15-5-14(6-16(28)7-15)10-32-24(36)26(38)3-4-34(25(26)37)19-11-33-35(12-19)18-9-22(31)23(39-13-18)20-8-17(29)1-2-21(20)30/h1-2,5-8,11-12,18,22-23,38H,3-4,9-10,13,31H2,(H,32,36)/t18-,22+,23-,26?/m1/s1. The number of nitrogens with one attached hydrogen (secondary N) is 1. The number of nitrogens with zero attached hydrogens (tertiary/aromatic N) is 3. The molecule has 0 aliphatic carbocycles. The second-order valence-electron chi connectivity index (χ2n) is 9.68. The molecule has 3 aromatic rings. The van der Waals surface area contributed by atoms with Crippen LogP contribution in [-0.4, -0.2) is 51.5 Å². The Morgan fingerprint density at radius 1 is 1.23 bits per heavy atom. The van der Waals surface area contributed by atoms with Crippen LogP contribution >= 0.6 is 23.2 Å². The van der Waals surface area contributed by atoms with Gasteiger partial charge in [-0.15, -0.1) is 0 Å². The topological polar surface area (TPSA) is 123 Å². The summed E-state index contributed by atoms with van der Waals surface area (Å²) in [5.41, 5.74) is 5.06. The molecule has 5 rings (SSSR count). The Kier molecular flexibility index (Phi) is 7.62. The number of ether oxygens (including phenoxy) is 1. The first-order valence-corrected chi connectivity index (χ1v) is 12.9. The fraction of sp³-hybridized carbons (Fsp3) is 0.346. The summed E-state index contributed by atoms with van der Waals surface area (Å²) in [4.78, 5) is 27.2. The first-order chi connectivity index (χ1) is 18.5. The smallest absolute Gasteiger partial charge is 0.268 e. The maximum atomic E-state index is 14.2. The van der Waals surface area contributed by atoms with Gasteiger partial charge in [-0.05, 0) is 48.4 Å². The van der Waals surface area contributed by atoms with Crippen molar-refractivity contribution in [2.24, 2.45) is 5.73 Å². The van der Waals surface area contributed by atoms with Gasteiger partial charge >= 0.3 is 0 Å². The van der Waals surface area contributed by atoms with Gasteiger partial charge in [0, 0.05) is 47.4 Å². The van der Waals surface area contributed by atoms with E-state index in [4.69, 9.17) is 33.7 Å². The van der Waals surface area contributed by atoms with Crippen molar-refractivity contribution < 1.29 is 28.2 Å². The van der Waals surface area contributed by atoms with Crippen molar-refractivity contribution in [3.63, 3.8) is 0 Å². The first-order valence-electron chi connectivity index (χ1n) is 12.2. The molecule has 2 saturated heterocycles. The number of hydrogen-bond acceptors (Lipinski definition) is 6. The zero-order chi connectivity index (χ0) is 27.9. The lowest BCUT2D eigenvalue weighted by molar-refractivity contribution is -0.149. The van der Waals surface area contributed by atoms with Gasteiger partial charge in [-0.3, -0.25) is 14.3 Å². The number of halogens is 4. The molecule has 206 valence electrons. The van der Waals surface area contributed by atoms with Crippen LogP contribution in [0, 0.1) is 11.6 Å². The van der Waals surface area contributed by atoms with Crippen LogP contribution in [-0.2, 0) is 20.9 Å². The van der Waals surface area contributed by atoms with E-state index in [0.717, 1.165) is 18.2 Å². The molecule has 2 aliphatic heterocycles. The number of nitrogens with two attached hydrogens (primary N) is 1. The van der Waals surface area contributed by atoms with Crippen LogP contribution in [0.4, 0.5) is 14.5 Å². The van der Waals surface area contributed by atoms with Gasteiger partial charge in [0.1, 0.15) is 17.7 Å². The Balaban J connectivity index is 1.23. The summed E-state index contributed by atoms with van der Waals surface area (Å²) in [6.07, 6.45) is 2.47.